The van der Waals surface area contributed by atoms with Gasteiger partial charge in [0.1, 0.15) is 0 Å². The summed E-state index contributed by atoms with van der Waals surface area (Å²) >= 11 is 0. The van der Waals surface area contributed by atoms with E-state index in [0.717, 1.165) is 0 Å². The molecule has 15 heavy (non-hydrogen) atoms. The van der Waals surface area contributed by atoms with Crippen LogP contribution in [-0.4, -0.2) is 37.7 Å². The van der Waals surface area contributed by atoms with Crippen LogP contribution in [0.2, 0.25) is 0 Å². The van der Waals surface area contributed by atoms with Crippen LogP contribution in [0.3, 0.4) is 0 Å². The van der Waals surface area contributed by atoms with Gasteiger partial charge in [0.2, 0.25) is 11.8 Å². The quantitative estimate of drug-likeness (QED) is 0.703. The molecule has 0 aliphatic carbocycles. The first-order chi connectivity index (χ1) is 7.38. The third-order valence-corrected chi connectivity index (χ3v) is 1.63. The molecule has 0 saturated carbocycles. The molecule has 0 fully saturated rings. The van der Waals surface area contributed by atoms with Crippen molar-refractivity contribution in [3.63, 3.8) is 0 Å². The maximum Gasteiger partial charge on any atom is 0.226 e. The fourth-order valence-electron chi connectivity index (χ4n) is 0.957. The van der Waals surface area contributed by atoms with Crippen molar-refractivity contribution < 1.29 is 4.74 Å². The van der Waals surface area contributed by atoms with Gasteiger partial charge >= 0.3 is 0 Å². The first-order valence-electron chi connectivity index (χ1n) is 4.21. The molecule has 0 aliphatic rings. The highest BCUT2D eigenvalue weighted by molar-refractivity contribution is 5.27. The van der Waals surface area contributed by atoms with E-state index < -0.39 is 0 Å². The van der Waals surface area contributed by atoms with E-state index in [1.54, 1.807) is 19.4 Å². The highest BCUT2D eigenvalue weighted by Crippen LogP contribution is 2.07. The smallest absolute Gasteiger partial charge is 0.226 e. The van der Waals surface area contributed by atoms with Gasteiger partial charge in [-0.15, -0.1) is 10.2 Å². The van der Waals surface area contributed by atoms with Crippen LogP contribution in [0.1, 0.15) is 5.82 Å². The van der Waals surface area contributed by atoms with Crippen LogP contribution in [0.5, 0.6) is 5.88 Å². The first-order valence-corrected chi connectivity index (χ1v) is 4.21. The van der Waals surface area contributed by atoms with Gasteiger partial charge in [0.05, 0.1) is 13.7 Å². The Hall–Kier alpha value is -2.25. The summed E-state index contributed by atoms with van der Waals surface area (Å²) in [4.78, 5) is 8.06. The predicted octanol–water partition coefficient (Wildman–Crippen LogP) is -0.390. The summed E-state index contributed by atoms with van der Waals surface area (Å²) in [7, 11) is 1.55. The molecule has 8 heteroatoms. The molecule has 0 aliphatic heterocycles. The number of hydrogen-bond acceptors (Lipinski definition) is 7. The Kier molecular flexibility index (Phi) is 2.68. The molecule has 0 saturated heterocycles. The maximum atomic E-state index is 4.95. The molecule has 0 amide bonds. The molecular weight excluding hydrogens is 198 g/mol. The second-order valence-corrected chi connectivity index (χ2v) is 2.60. The molecule has 0 bridgehead atoms. The van der Waals surface area contributed by atoms with Crippen molar-refractivity contribution in [3.05, 3.63) is 18.1 Å². The number of anilines is 1. The largest absolute Gasteiger partial charge is 0.481 e. The Morgan fingerprint density at radius 3 is 3.20 bits per heavy atom. The minimum Gasteiger partial charge on any atom is -0.481 e. The lowest BCUT2D eigenvalue weighted by molar-refractivity contribution is 0.397. The Labute approximate surface area is 85.1 Å². The summed E-state index contributed by atoms with van der Waals surface area (Å²) in [5.74, 6) is 1.50. The van der Waals surface area contributed by atoms with Gasteiger partial charge in [0, 0.05) is 12.3 Å². The molecule has 0 atom stereocenters. The standard InChI is InChI=1S/C7H9N7O/c1-15-6-2-3-8-7(10-6)9-4-5-11-13-14-12-5/h2-3H,4H2,1H3,(H,8,9,10)(H,11,12,13,14). The van der Waals surface area contributed by atoms with E-state index in [9.17, 15) is 0 Å². The topological polar surface area (TPSA) is 102 Å². The van der Waals surface area contributed by atoms with E-state index in [4.69, 9.17) is 4.74 Å². The zero-order valence-electron chi connectivity index (χ0n) is 8.01. The van der Waals surface area contributed by atoms with Crippen LogP contribution in [0.25, 0.3) is 0 Å². The Morgan fingerprint density at radius 2 is 2.47 bits per heavy atom. The number of ether oxygens (including phenoxy) is 1. The van der Waals surface area contributed by atoms with Crippen molar-refractivity contribution in [2.75, 3.05) is 12.4 Å². The van der Waals surface area contributed by atoms with Gasteiger partial charge in [-0.25, -0.2) is 4.98 Å². The summed E-state index contributed by atoms with van der Waals surface area (Å²) in [5.41, 5.74) is 0. The minimum absolute atomic E-state index is 0.406. The second-order valence-electron chi connectivity index (χ2n) is 2.60. The number of methoxy groups -OCH3 is 1. The number of hydrogen-bond donors (Lipinski definition) is 2. The average molecular weight is 207 g/mol. The molecule has 0 aromatic carbocycles. The van der Waals surface area contributed by atoms with E-state index in [2.05, 4.69) is 35.9 Å². The van der Waals surface area contributed by atoms with Crippen molar-refractivity contribution in [2.45, 2.75) is 6.54 Å². The van der Waals surface area contributed by atoms with Crippen molar-refractivity contribution in [1.29, 1.82) is 0 Å². The summed E-state index contributed by atoms with van der Waals surface area (Å²) in [6.07, 6.45) is 1.60. The molecule has 2 N–H and O–H groups in total. The van der Waals surface area contributed by atoms with Crippen molar-refractivity contribution in [2.24, 2.45) is 0 Å². The number of nitrogens with zero attached hydrogens (tertiary/aromatic N) is 5. The van der Waals surface area contributed by atoms with Crippen LogP contribution in [0.4, 0.5) is 5.95 Å². The lowest BCUT2D eigenvalue weighted by atomic mass is 10.6. The Morgan fingerprint density at radius 1 is 1.53 bits per heavy atom. The van der Waals surface area contributed by atoms with Crippen LogP contribution < -0.4 is 10.1 Å². The maximum absolute atomic E-state index is 4.95. The Bertz CT molecular complexity index is 415. The number of tetrazole rings is 1. The van der Waals surface area contributed by atoms with Gasteiger partial charge < -0.3 is 10.1 Å². The van der Waals surface area contributed by atoms with Gasteiger partial charge in [-0.05, 0) is 0 Å². The molecule has 0 radical (unpaired) electrons. The molecule has 8 nitrogen and oxygen atoms in total. The third-order valence-electron chi connectivity index (χ3n) is 1.63. The Balaban J connectivity index is 1.98. The van der Waals surface area contributed by atoms with E-state index in [1.807, 2.05) is 0 Å². The second kappa shape index (κ2) is 4.31. The van der Waals surface area contributed by atoms with E-state index in [1.165, 1.54) is 0 Å². The van der Waals surface area contributed by atoms with Gasteiger partial charge in [-0.3, -0.25) is 0 Å². The van der Waals surface area contributed by atoms with E-state index >= 15 is 0 Å². The van der Waals surface area contributed by atoms with Crippen LogP contribution in [0, 0.1) is 0 Å². The highest BCUT2D eigenvalue weighted by Gasteiger charge is 2.01. The molecule has 0 unspecified atom stereocenters. The fourth-order valence-corrected chi connectivity index (χ4v) is 0.957. The highest BCUT2D eigenvalue weighted by atomic mass is 16.5. The van der Waals surface area contributed by atoms with Crippen molar-refractivity contribution >= 4 is 5.95 Å². The summed E-state index contributed by atoms with van der Waals surface area (Å²) in [6.45, 7) is 0.406. The van der Waals surface area contributed by atoms with Crippen molar-refractivity contribution in [3.8, 4) is 5.88 Å². The number of aromatic nitrogens is 6. The van der Waals surface area contributed by atoms with Gasteiger partial charge in [0.15, 0.2) is 5.82 Å². The lowest BCUT2D eigenvalue weighted by Crippen LogP contribution is -2.05. The lowest BCUT2D eigenvalue weighted by Gasteiger charge is -2.02. The zero-order chi connectivity index (χ0) is 10.5. The monoisotopic (exact) mass is 207 g/mol. The predicted molar refractivity (Wildman–Crippen MR) is 50.1 cm³/mol. The SMILES string of the molecule is COc1ccnc(NCc2nn[nH]n2)n1. The van der Waals surface area contributed by atoms with Crippen LogP contribution in [-0.2, 0) is 6.54 Å². The summed E-state index contributed by atoms with van der Waals surface area (Å²) in [6, 6.07) is 1.67. The average Bonchev–Trinajstić information content (AvgIpc) is 2.79. The van der Waals surface area contributed by atoms with E-state index in [-0.39, 0.29) is 0 Å². The normalized spacial score (nSPS) is 9.93. The van der Waals surface area contributed by atoms with Gasteiger partial charge in [0.25, 0.3) is 0 Å². The molecule has 2 aromatic rings. The van der Waals surface area contributed by atoms with Crippen molar-refractivity contribution in [1.82, 2.24) is 30.6 Å². The zero-order valence-corrected chi connectivity index (χ0v) is 8.01. The van der Waals surface area contributed by atoms with Gasteiger partial charge in [-0.2, -0.15) is 10.2 Å². The van der Waals surface area contributed by atoms with Gasteiger partial charge in [-0.1, -0.05) is 5.21 Å². The van der Waals surface area contributed by atoms with Crippen LogP contribution >= 0.6 is 0 Å². The summed E-state index contributed by atoms with van der Waals surface area (Å²) < 4.78 is 4.95. The molecule has 0 spiro atoms. The number of rotatable bonds is 4. The minimum atomic E-state index is 0.406. The third kappa shape index (κ3) is 2.36. The molecular formula is C7H9N7O. The molecule has 78 valence electrons. The van der Waals surface area contributed by atoms with E-state index in [0.29, 0.717) is 24.2 Å². The molecule has 2 rings (SSSR count). The number of aromatic amines is 1. The first kappa shape index (κ1) is 9.31. The number of H-pyrrole nitrogens is 1. The molecule has 2 heterocycles. The number of nitrogens with one attached hydrogen (secondary N) is 2. The van der Waals surface area contributed by atoms with Crippen LogP contribution in [0.15, 0.2) is 12.3 Å². The summed E-state index contributed by atoms with van der Waals surface area (Å²) in [5, 5.41) is 16.3. The fraction of sp³-hybridized carbons (Fsp3) is 0.286. The molecule has 2 aromatic heterocycles.